The Morgan fingerprint density at radius 3 is 2.81 bits per heavy atom. The van der Waals surface area contributed by atoms with Crippen LogP contribution in [0.1, 0.15) is 75.4 Å². The maximum atomic E-state index is 13.6. The van der Waals surface area contributed by atoms with Gasteiger partial charge >= 0.3 is 0 Å². The molecule has 1 amide bonds. The van der Waals surface area contributed by atoms with Crippen LogP contribution in [0.15, 0.2) is 22.6 Å². The van der Waals surface area contributed by atoms with Gasteiger partial charge in [0.1, 0.15) is 17.3 Å². The number of thiazole rings is 1. The number of aromatic nitrogens is 2. The summed E-state index contributed by atoms with van der Waals surface area (Å²) in [6.45, 7) is 6.77. The number of anilines is 2. The first-order valence-corrected chi connectivity index (χ1v) is 11.9. The highest BCUT2D eigenvalue weighted by atomic mass is 32.1. The van der Waals surface area contributed by atoms with E-state index < -0.39 is 0 Å². The first-order chi connectivity index (χ1) is 15.0. The van der Waals surface area contributed by atoms with E-state index in [0.717, 1.165) is 90.1 Å². The van der Waals surface area contributed by atoms with Gasteiger partial charge in [0.05, 0.1) is 23.0 Å². The monoisotopic (exact) mass is 436 g/mol. The van der Waals surface area contributed by atoms with Crippen LogP contribution < -0.4 is 5.32 Å². The molecule has 0 saturated carbocycles. The van der Waals surface area contributed by atoms with Gasteiger partial charge in [0.25, 0.3) is 5.91 Å². The fourth-order valence-electron chi connectivity index (χ4n) is 4.79. The third kappa shape index (κ3) is 3.76. The topological polar surface area (TPSA) is 71.3 Å². The molecule has 0 aromatic carbocycles. The molecule has 2 aliphatic rings. The fraction of sp³-hybridized carbons (Fsp3) is 0.458. The minimum atomic E-state index is -0.0115. The highest BCUT2D eigenvalue weighted by molar-refractivity contribution is 7.15. The zero-order chi connectivity index (χ0) is 21.5. The molecule has 4 heterocycles. The SMILES string of the molecule is Cc1nc(Nc2cccc(C3CCCN3C(=O)c3c(C)oc4c3CCCC4)n2)sc1C. The zero-order valence-corrected chi connectivity index (χ0v) is 19.1. The summed E-state index contributed by atoms with van der Waals surface area (Å²) in [6.07, 6.45) is 6.06. The Bertz CT molecular complexity index is 1110. The van der Waals surface area contributed by atoms with E-state index in [0.29, 0.717) is 0 Å². The van der Waals surface area contributed by atoms with Crippen molar-refractivity contribution < 1.29 is 9.21 Å². The van der Waals surface area contributed by atoms with Gasteiger partial charge < -0.3 is 14.6 Å². The van der Waals surface area contributed by atoms with Gasteiger partial charge in [-0.1, -0.05) is 6.07 Å². The number of hydrogen-bond acceptors (Lipinski definition) is 6. The summed E-state index contributed by atoms with van der Waals surface area (Å²) >= 11 is 1.63. The fourth-order valence-corrected chi connectivity index (χ4v) is 5.61. The quantitative estimate of drug-likeness (QED) is 0.572. The summed E-state index contributed by atoms with van der Waals surface area (Å²) in [5, 5.41) is 4.18. The van der Waals surface area contributed by atoms with Gasteiger partial charge in [-0.05, 0) is 65.0 Å². The third-order valence-electron chi connectivity index (χ3n) is 6.45. The van der Waals surface area contributed by atoms with E-state index in [1.807, 2.05) is 36.9 Å². The molecule has 0 radical (unpaired) electrons. The normalized spacial score (nSPS) is 18.3. The predicted octanol–water partition coefficient (Wildman–Crippen LogP) is 5.66. The van der Waals surface area contributed by atoms with Crippen LogP contribution in [0.3, 0.4) is 0 Å². The molecule has 1 aliphatic carbocycles. The molecule has 3 aromatic heterocycles. The van der Waals surface area contributed by atoms with Gasteiger partial charge in [-0.3, -0.25) is 4.79 Å². The summed E-state index contributed by atoms with van der Waals surface area (Å²) in [5.41, 5.74) is 3.90. The minimum absolute atomic E-state index is 0.0115. The van der Waals surface area contributed by atoms with Crippen LogP contribution in [0.25, 0.3) is 0 Å². The molecule has 0 bridgehead atoms. The van der Waals surface area contributed by atoms with E-state index >= 15 is 0 Å². The van der Waals surface area contributed by atoms with Gasteiger partial charge in [0, 0.05) is 23.4 Å². The van der Waals surface area contributed by atoms with Crippen LogP contribution in [-0.2, 0) is 12.8 Å². The molecule has 162 valence electrons. The molecule has 6 nitrogen and oxygen atoms in total. The van der Waals surface area contributed by atoms with Crippen molar-refractivity contribution in [3.63, 3.8) is 0 Å². The van der Waals surface area contributed by atoms with E-state index in [1.165, 1.54) is 4.88 Å². The smallest absolute Gasteiger partial charge is 0.258 e. The molecule has 0 spiro atoms. The number of rotatable bonds is 4. The number of fused-ring (bicyclic) bond motifs is 1. The Hall–Kier alpha value is -2.67. The Balaban J connectivity index is 1.41. The number of hydrogen-bond donors (Lipinski definition) is 1. The summed E-state index contributed by atoms with van der Waals surface area (Å²) in [7, 11) is 0. The van der Waals surface area contributed by atoms with Crippen molar-refractivity contribution in [1.82, 2.24) is 14.9 Å². The highest BCUT2D eigenvalue weighted by Crippen LogP contribution is 2.37. The molecule has 1 saturated heterocycles. The molecule has 1 aliphatic heterocycles. The number of furan rings is 1. The Labute approximate surface area is 186 Å². The standard InChI is InChI=1S/C24H28N4O2S/c1-14-16(3)31-24(25-14)27-21-12-6-9-18(26-21)19-10-7-13-28(19)23(29)22-15(2)30-20-11-5-4-8-17(20)22/h6,9,12,19H,4-5,7-8,10-11,13H2,1-3H3,(H,25,26,27). The van der Waals surface area contributed by atoms with Crippen LogP contribution >= 0.6 is 11.3 Å². The number of nitrogens with zero attached hydrogens (tertiary/aromatic N) is 3. The lowest BCUT2D eigenvalue weighted by Gasteiger charge is -2.25. The largest absolute Gasteiger partial charge is 0.465 e. The lowest BCUT2D eigenvalue weighted by atomic mass is 9.94. The van der Waals surface area contributed by atoms with E-state index in [9.17, 15) is 4.79 Å². The van der Waals surface area contributed by atoms with Crippen molar-refractivity contribution in [2.24, 2.45) is 0 Å². The molecule has 1 N–H and O–H groups in total. The van der Waals surface area contributed by atoms with Gasteiger partial charge in [0.15, 0.2) is 5.13 Å². The van der Waals surface area contributed by atoms with Crippen LogP contribution in [-0.4, -0.2) is 27.3 Å². The number of amides is 1. The molecule has 1 atom stereocenters. The average Bonchev–Trinajstić information content (AvgIpc) is 3.45. The summed E-state index contributed by atoms with van der Waals surface area (Å²) < 4.78 is 5.98. The van der Waals surface area contributed by atoms with Crippen molar-refractivity contribution in [1.29, 1.82) is 0 Å². The van der Waals surface area contributed by atoms with E-state index in [2.05, 4.69) is 17.2 Å². The second-order valence-corrected chi connectivity index (χ2v) is 9.74. The maximum absolute atomic E-state index is 13.6. The Morgan fingerprint density at radius 2 is 2.00 bits per heavy atom. The van der Waals surface area contributed by atoms with Crippen molar-refractivity contribution >= 4 is 28.2 Å². The van der Waals surface area contributed by atoms with Crippen LogP contribution in [0.5, 0.6) is 0 Å². The second kappa shape index (κ2) is 8.11. The van der Waals surface area contributed by atoms with Crippen LogP contribution in [0, 0.1) is 20.8 Å². The van der Waals surface area contributed by atoms with Gasteiger partial charge in [0.2, 0.25) is 0 Å². The van der Waals surface area contributed by atoms with Crippen molar-refractivity contribution in [3.8, 4) is 0 Å². The average molecular weight is 437 g/mol. The van der Waals surface area contributed by atoms with Crippen molar-refractivity contribution in [2.45, 2.75) is 65.3 Å². The molecular formula is C24H28N4O2S. The van der Waals surface area contributed by atoms with E-state index in [4.69, 9.17) is 9.40 Å². The number of nitrogens with one attached hydrogen (secondary N) is 1. The van der Waals surface area contributed by atoms with Crippen molar-refractivity contribution in [3.05, 3.63) is 57.1 Å². The molecule has 7 heteroatoms. The van der Waals surface area contributed by atoms with E-state index in [1.54, 1.807) is 11.3 Å². The minimum Gasteiger partial charge on any atom is -0.465 e. The number of aryl methyl sites for hydroxylation is 4. The molecule has 1 unspecified atom stereocenters. The Morgan fingerprint density at radius 1 is 1.16 bits per heavy atom. The number of pyridine rings is 1. The van der Waals surface area contributed by atoms with Crippen LogP contribution in [0.4, 0.5) is 10.9 Å². The zero-order valence-electron chi connectivity index (χ0n) is 18.3. The predicted molar refractivity (Wildman–Crippen MR) is 122 cm³/mol. The lowest BCUT2D eigenvalue weighted by molar-refractivity contribution is 0.0730. The van der Waals surface area contributed by atoms with Gasteiger partial charge in [-0.15, -0.1) is 11.3 Å². The molecule has 5 rings (SSSR count). The molecule has 31 heavy (non-hydrogen) atoms. The second-order valence-electron chi connectivity index (χ2n) is 8.53. The van der Waals surface area contributed by atoms with E-state index in [-0.39, 0.29) is 11.9 Å². The van der Waals surface area contributed by atoms with Gasteiger partial charge in [-0.2, -0.15) is 0 Å². The lowest BCUT2D eigenvalue weighted by Crippen LogP contribution is -2.32. The first kappa shape index (κ1) is 20.2. The molecule has 3 aromatic rings. The summed E-state index contributed by atoms with van der Waals surface area (Å²) in [4.78, 5) is 26.2. The summed E-state index contributed by atoms with van der Waals surface area (Å²) in [5.74, 6) is 2.64. The molecular weight excluding hydrogens is 408 g/mol. The highest BCUT2D eigenvalue weighted by Gasteiger charge is 2.35. The number of likely N-dealkylation sites (tertiary alicyclic amines) is 1. The number of carbonyl (C=O) groups is 1. The Kier molecular flexibility index (Phi) is 5.30. The summed E-state index contributed by atoms with van der Waals surface area (Å²) in [6, 6.07) is 5.97. The molecule has 1 fully saturated rings. The van der Waals surface area contributed by atoms with Crippen LogP contribution in [0.2, 0.25) is 0 Å². The van der Waals surface area contributed by atoms with Crippen molar-refractivity contribution in [2.75, 3.05) is 11.9 Å². The third-order valence-corrected chi connectivity index (χ3v) is 7.44. The number of carbonyl (C=O) groups excluding carboxylic acids is 1. The van der Waals surface area contributed by atoms with Gasteiger partial charge in [-0.25, -0.2) is 9.97 Å². The first-order valence-electron chi connectivity index (χ1n) is 11.1. The maximum Gasteiger partial charge on any atom is 0.258 e.